The number of nitrogens with zero attached hydrogens (tertiary/aromatic N) is 1. The van der Waals surface area contributed by atoms with Crippen molar-refractivity contribution < 1.29 is 4.79 Å². The molecule has 1 heterocycles. The number of benzene rings is 1. The number of carbonyl (C=O) groups is 1. The van der Waals surface area contributed by atoms with Crippen molar-refractivity contribution in [2.75, 3.05) is 23.7 Å². The fourth-order valence-electron chi connectivity index (χ4n) is 2.31. The Hall–Kier alpha value is -1.71. The number of hydrogen-bond donors (Lipinski definition) is 2. The SMILES string of the molecule is CCC1C(=O)NCCN1c1cc(C)ccc1N. The third kappa shape index (κ3) is 2.20. The molecule has 0 aliphatic carbocycles. The number of anilines is 2. The van der Waals surface area contributed by atoms with Gasteiger partial charge in [0.25, 0.3) is 0 Å². The first kappa shape index (κ1) is 11.8. The van der Waals surface area contributed by atoms with E-state index in [0.29, 0.717) is 6.54 Å². The molecule has 1 aliphatic heterocycles. The van der Waals surface area contributed by atoms with Crippen LogP contribution in [0.3, 0.4) is 0 Å². The zero-order valence-corrected chi connectivity index (χ0v) is 10.4. The smallest absolute Gasteiger partial charge is 0.242 e. The van der Waals surface area contributed by atoms with Gasteiger partial charge in [-0.2, -0.15) is 0 Å². The molecule has 0 saturated carbocycles. The van der Waals surface area contributed by atoms with Crippen molar-refractivity contribution in [3.63, 3.8) is 0 Å². The number of aryl methyl sites for hydroxylation is 1. The molecule has 0 bridgehead atoms. The standard InChI is InChI=1S/C13H19N3O/c1-3-11-13(17)15-6-7-16(11)12-8-9(2)4-5-10(12)14/h4-5,8,11H,3,6-7,14H2,1-2H3,(H,15,17). The Balaban J connectivity index is 2.36. The predicted octanol–water partition coefficient (Wildman–Crippen LogP) is 1.29. The minimum Gasteiger partial charge on any atom is -0.397 e. The summed E-state index contributed by atoms with van der Waals surface area (Å²) in [5.74, 6) is 0.0969. The molecule has 1 amide bonds. The van der Waals surface area contributed by atoms with Crippen LogP contribution < -0.4 is 16.0 Å². The van der Waals surface area contributed by atoms with Crippen LogP contribution in [0.2, 0.25) is 0 Å². The van der Waals surface area contributed by atoms with E-state index in [4.69, 9.17) is 5.73 Å². The molecule has 1 fully saturated rings. The Morgan fingerprint density at radius 2 is 2.29 bits per heavy atom. The quantitative estimate of drug-likeness (QED) is 0.757. The van der Waals surface area contributed by atoms with E-state index in [9.17, 15) is 4.79 Å². The van der Waals surface area contributed by atoms with Gasteiger partial charge in [0, 0.05) is 13.1 Å². The average Bonchev–Trinajstić information content (AvgIpc) is 2.32. The average molecular weight is 233 g/mol. The molecule has 1 unspecified atom stereocenters. The number of nitrogens with two attached hydrogens (primary N) is 1. The summed E-state index contributed by atoms with van der Waals surface area (Å²) in [6.45, 7) is 5.56. The number of carbonyl (C=O) groups excluding carboxylic acids is 1. The van der Waals surface area contributed by atoms with Gasteiger partial charge in [-0.25, -0.2) is 0 Å². The van der Waals surface area contributed by atoms with Crippen LogP contribution in [-0.4, -0.2) is 25.0 Å². The van der Waals surface area contributed by atoms with E-state index < -0.39 is 0 Å². The van der Waals surface area contributed by atoms with Gasteiger partial charge in [-0.05, 0) is 31.0 Å². The Kier molecular flexibility index (Phi) is 3.22. The maximum Gasteiger partial charge on any atom is 0.242 e. The van der Waals surface area contributed by atoms with E-state index in [1.54, 1.807) is 0 Å². The number of hydrogen-bond acceptors (Lipinski definition) is 3. The first-order valence-corrected chi connectivity index (χ1v) is 6.04. The molecule has 0 spiro atoms. The van der Waals surface area contributed by atoms with E-state index >= 15 is 0 Å². The van der Waals surface area contributed by atoms with E-state index in [1.807, 2.05) is 26.0 Å². The maximum atomic E-state index is 11.8. The molecule has 0 aromatic heterocycles. The van der Waals surface area contributed by atoms with Crippen LogP contribution in [0.4, 0.5) is 11.4 Å². The summed E-state index contributed by atoms with van der Waals surface area (Å²) in [4.78, 5) is 13.9. The zero-order valence-electron chi connectivity index (χ0n) is 10.4. The van der Waals surface area contributed by atoms with Gasteiger partial charge >= 0.3 is 0 Å². The van der Waals surface area contributed by atoms with Crippen molar-refractivity contribution in [2.45, 2.75) is 26.3 Å². The van der Waals surface area contributed by atoms with Gasteiger partial charge in [0.15, 0.2) is 0 Å². The highest BCUT2D eigenvalue weighted by Gasteiger charge is 2.29. The maximum absolute atomic E-state index is 11.8. The summed E-state index contributed by atoms with van der Waals surface area (Å²) < 4.78 is 0. The molecule has 0 radical (unpaired) electrons. The van der Waals surface area contributed by atoms with Crippen LogP contribution in [0.1, 0.15) is 18.9 Å². The van der Waals surface area contributed by atoms with Crippen molar-refractivity contribution in [3.05, 3.63) is 23.8 Å². The fraction of sp³-hybridized carbons (Fsp3) is 0.462. The van der Waals surface area contributed by atoms with E-state index in [2.05, 4.69) is 16.3 Å². The van der Waals surface area contributed by atoms with Gasteiger partial charge < -0.3 is 16.0 Å². The van der Waals surface area contributed by atoms with E-state index in [1.165, 1.54) is 0 Å². The molecule has 4 nitrogen and oxygen atoms in total. The molecule has 92 valence electrons. The summed E-state index contributed by atoms with van der Waals surface area (Å²) in [7, 11) is 0. The molecule has 1 aromatic carbocycles. The number of amides is 1. The summed E-state index contributed by atoms with van der Waals surface area (Å²) in [6.07, 6.45) is 0.791. The zero-order chi connectivity index (χ0) is 12.4. The summed E-state index contributed by atoms with van der Waals surface area (Å²) in [5, 5.41) is 2.90. The second-order valence-electron chi connectivity index (χ2n) is 4.47. The van der Waals surface area contributed by atoms with Crippen LogP contribution in [0.15, 0.2) is 18.2 Å². The van der Waals surface area contributed by atoms with Crippen LogP contribution in [-0.2, 0) is 4.79 Å². The minimum atomic E-state index is -0.104. The van der Waals surface area contributed by atoms with Crippen LogP contribution in [0.5, 0.6) is 0 Å². The highest BCUT2D eigenvalue weighted by atomic mass is 16.2. The van der Waals surface area contributed by atoms with Gasteiger partial charge in [-0.3, -0.25) is 4.79 Å². The van der Waals surface area contributed by atoms with Gasteiger partial charge in [-0.1, -0.05) is 13.0 Å². The lowest BCUT2D eigenvalue weighted by Gasteiger charge is -2.37. The Morgan fingerprint density at radius 3 is 3.00 bits per heavy atom. The molecule has 2 rings (SSSR count). The second kappa shape index (κ2) is 4.65. The van der Waals surface area contributed by atoms with Crippen molar-refractivity contribution in [2.24, 2.45) is 0 Å². The lowest BCUT2D eigenvalue weighted by molar-refractivity contribution is -0.123. The van der Waals surface area contributed by atoms with E-state index in [0.717, 1.165) is 29.9 Å². The Morgan fingerprint density at radius 1 is 1.53 bits per heavy atom. The fourth-order valence-corrected chi connectivity index (χ4v) is 2.31. The van der Waals surface area contributed by atoms with Crippen LogP contribution >= 0.6 is 0 Å². The van der Waals surface area contributed by atoms with Gasteiger partial charge in [0.05, 0.1) is 11.4 Å². The minimum absolute atomic E-state index is 0.0969. The van der Waals surface area contributed by atoms with Crippen molar-refractivity contribution >= 4 is 17.3 Å². The molecule has 1 aliphatic rings. The van der Waals surface area contributed by atoms with Crippen LogP contribution in [0, 0.1) is 6.92 Å². The first-order chi connectivity index (χ1) is 8.13. The number of rotatable bonds is 2. The third-order valence-corrected chi connectivity index (χ3v) is 3.21. The van der Waals surface area contributed by atoms with Gasteiger partial charge in [0.2, 0.25) is 5.91 Å². The molecular formula is C13H19N3O. The summed E-state index contributed by atoms with van der Waals surface area (Å²) >= 11 is 0. The highest BCUT2D eigenvalue weighted by Crippen LogP contribution is 2.27. The second-order valence-corrected chi connectivity index (χ2v) is 4.47. The molecule has 3 N–H and O–H groups in total. The molecule has 17 heavy (non-hydrogen) atoms. The number of nitrogen functional groups attached to an aromatic ring is 1. The molecule has 1 saturated heterocycles. The largest absolute Gasteiger partial charge is 0.397 e. The van der Waals surface area contributed by atoms with Crippen LogP contribution in [0.25, 0.3) is 0 Å². The molecular weight excluding hydrogens is 214 g/mol. The number of nitrogens with one attached hydrogen (secondary N) is 1. The van der Waals surface area contributed by atoms with E-state index in [-0.39, 0.29) is 11.9 Å². The Labute approximate surface area is 102 Å². The monoisotopic (exact) mass is 233 g/mol. The van der Waals surface area contributed by atoms with Crippen molar-refractivity contribution in [1.29, 1.82) is 0 Å². The Bertz CT molecular complexity index is 431. The third-order valence-electron chi connectivity index (χ3n) is 3.21. The lowest BCUT2D eigenvalue weighted by atomic mass is 10.1. The summed E-state index contributed by atoms with van der Waals surface area (Å²) in [5.41, 5.74) is 8.89. The van der Waals surface area contributed by atoms with Gasteiger partial charge in [-0.15, -0.1) is 0 Å². The first-order valence-electron chi connectivity index (χ1n) is 6.04. The molecule has 1 aromatic rings. The lowest BCUT2D eigenvalue weighted by Crippen LogP contribution is -2.55. The van der Waals surface area contributed by atoms with Crippen molar-refractivity contribution in [1.82, 2.24) is 5.32 Å². The number of piperazine rings is 1. The van der Waals surface area contributed by atoms with Gasteiger partial charge in [0.1, 0.15) is 6.04 Å². The normalized spacial score (nSPS) is 20.2. The topological polar surface area (TPSA) is 58.4 Å². The molecule has 1 atom stereocenters. The predicted molar refractivity (Wildman–Crippen MR) is 70.0 cm³/mol. The highest BCUT2D eigenvalue weighted by molar-refractivity contribution is 5.88. The van der Waals surface area contributed by atoms with Crippen molar-refractivity contribution in [3.8, 4) is 0 Å². The molecule has 4 heteroatoms. The summed E-state index contributed by atoms with van der Waals surface area (Å²) in [6, 6.07) is 5.84.